The van der Waals surface area contributed by atoms with E-state index in [2.05, 4.69) is 33.0 Å². The minimum absolute atomic E-state index is 0.164. The lowest BCUT2D eigenvalue weighted by Gasteiger charge is -2.30. The number of carbonyl (C=O) groups excluding carboxylic acids is 2. The summed E-state index contributed by atoms with van der Waals surface area (Å²) in [6.07, 6.45) is 0. The molecule has 5 N–H and O–H groups in total. The molecule has 198 valence electrons. The van der Waals surface area contributed by atoms with E-state index in [1.165, 1.54) is 0 Å². The van der Waals surface area contributed by atoms with E-state index in [0.717, 1.165) is 59.8 Å². The average Bonchev–Trinajstić information content (AvgIpc) is 2.95. The molecule has 1 heterocycles. The third-order valence-electron chi connectivity index (χ3n) is 7.04. The number of nitrogen functional groups attached to an aromatic ring is 1. The number of hydrogen-bond donors (Lipinski definition) is 4. The normalized spacial score (nSPS) is 13.1. The Kier molecular flexibility index (Phi) is 7.61. The van der Waals surface area contributed by atoms with Gasteiger partial charge < -0.3 is 26.6 Å². The van der Waals surface area contributed by atoms with Gasteiger partial charge in [0.15, 0.2) is 0 Å². The maximum absolute atomic E-state index is 13.2. The summed E-state index contributed by atoms with van der Waals surface area (Å²) in [5.74, 6) is -0.396. The molecule has 7 heteroatoms. The standard InChI is InChI=1S/C32H33N5O2/c1-21-7-9-23(10-8-21)31(38)36-30-20-25(37-17-15-34-16-18-37)12-14-27(30)26-13-11-24(19-22(26)2)32(39)35-29-6-4-3-5-28(29)33/h3-14,19-20,34H,15-18,33H2,1-2H3,(H,35,39)(H,36,38). The molecule has 0 bridgehead atoms. The number of nitrogens with two attached hydrogens (primary N) is 1. The van der Waals surface area contributed by atoms with Crippen molar-refractivity contribution in [3.63, 3.8) is 0 Å². The van der Waals surface area contributed by atoms with Gasteiger partial charge in [-0.05, 0) is 73.5 Å². The number of nitrogens with one attached hydrogen (secondary N) is 3. The van der Waals surface area contributed by atoms with Gasteiger partial charge >= 0.3 is 0 Å². The van der Waals surface area contributed by atoms with Crippen molar-refractivity contribution < 1.29 is 9.59 Å². The summed E-state index contributed by atoms with van der Waals surface area (Å²) in [5, 5.41) is 9.42. The number of amides is 2. The van der Waals surface area contributed by atoms with Crippen LogP contribution in [0.4, 0.5) is 22.7 Å². The molecule has 0 radical (unpaired) electrons. The van der Waals surface area contributed by atoms with Crippen LogP contribution in [0.3, 0.4) is 0 Å². The van der Waals surface area contributed by atoms with E-state index in [1.54, 1.807) is 18.2 Å². The Labute approximate surface area is 229 Å². The molecular formula is C32H33N5O2. The summed E-state index contributed by atoms with van der Waals surface area (Å²) in [7, 11) is 0. The molecule has 1 aliphatic heterocycles. The highest BCUT2D eigenvalue weighted by Crippen LogP contribution is 2.35. The summed E-state index contributed by atoms with van der Waals surface area (Å²) < 4.78 is 0. The van der Waals surface area contributed by atoms with Crippen LogP contribution in [0.1, 0.15) is 31.8 Å². The van der Waals surface area contributed by atoms with Crippen molar-refractivity contribution in [1.29, 1.82) is 0 Å². The highest BCUT2D eigenvalue weighted by Gasteiger charge is 2.18. The molecule has 7 nitrogen and oxygen atoms in total. The number of hydrogen-bond acceptors (Lipinski definition) is 5. The molecule has 0 unspecified atom stereocenters. The zero-order valence-electron chi connectivity index (χ0n) is 22.3. The fourth-order valence-electron chi connectivity index (χ4n) is 4.80. The maximum Gasteiger partial charge on any atom is 0.255 e. The number of benzene rings is 4. The molecule has 2 amide bonds. The Morgan fingerprint density at radius 1 is 0.744 bits per heavy atom. The van der Waals surface area contributed by atoms with E-state index in [4.69, 9.17) is 5.73 Å². The Hall–Kier alpha value is -4.62. The van der Waals surface area contributed by atoms with Crippen LogP contribution in [0, 0.1) is 13.8 Å². The van der Waals surface area contributed by atoms with Crippen LogP contribution in [0.2, 0.25) is 0 Å². The van der Waals surface area contributed by atoms with Crippen molar-refractivity contribution in [2.75, 3.05) is 47.4 Å². The predicted octanol–water partition coefficient (Wildman–Crippen LogP) is 5.47. The van der Waals surface area contributed by atoms with Gasteiger partial charge in [0.2, 0.25) is 0 Å². The minimum atomic E-state index is -0.232. The van der Waals surface area contributed by atoms with Crippen molar-refractivity contribution >= 4 is 34.6 Å². The number of anilines is 4. The summed E-state index contributed by atoms with van der Waals surface area (Å²) in [5.41, 5.74) is 13.9. The minimum Gasteiger partial charge on any atom is -0.397 e. The van der Waals surface area contributed by atoms with Crippen LogP contribution >= 0.6 is 0 Å². The number of aryl methyl sites for hydroxylation is 2. The SMILES string of the molecule is Cc1ccc(C(=O)Nc2cc(N3CCNCC3)ccc2-c2ccc(C(=O)Nc3ccccc3N)cc2C)cc1. The van der Waals surface area contributed by atoms with Gasteiger partial charge in [-0.3, -0.25) is 9.59 Å². The number of piperazine rings is 1. The van der Waals surface area contributed by atoms with Crippen molar-refractivity contribution in [2.24, 2.45) is 0 Å². The fraction of sp³-hybridized carbons (Fsp3) is 0.188. The first-order valence-electron chi connectivity index (χ1n) is 13.1. The van der Waals surface area contributed by atoms with Crippen LogP contribution in [0.5, 0.6) is 0 Å². The molecule has 0 spiro atoms. The second-order valence-electron chi connectivity index (χ2n) is 9.86. The molecule has 1 aliphatic rings. The van der Waals surface area contributed by atoms with Gasteiger partial charge in [-0.15, -0.1) is 0 Å². The van der Waals surface area contributed by atoms with Gasteiger partial charge in [-0.1, -0.05) is 42.0 Å². The van der Waals surface area contributed by atoms with Crippen LogP contribution < -0.4 is 26.6 Å². The monoisotopic (exact) mass is 519 g/mol. The van der Waals surface area contributed by atoms with Crippen LogP contribution in [0.25, 0.3) is 11.1 Å². The van der Waals surface area contributed by atoms with Crippen molar-refractivity contribution in [2.45, 2.75) is 13.8 Å². The maximum atomic E-state index is 13.2. The smallest absolute Gasteiger partial charge is 0.255 e. The second kappa shape index (κ2) is 11.4. The molecule has 0 aromatic heterocycles. The van der Waals surface area contributed by atoms with E-state index in [0.29, 0.717) is 22.5 Å². The Balaban J connectivity index is 1.47. The third kappa shape index (κ3) is 5.94. The Morgan fingerprint density at radius 3 is 2.10 bits per heavy atom. The van der Waals surface area contributed by atoms with Crippen molar-refractivity contribution in [3.8, 4) is 11.1 Å². The first kappa shape index (κ1) is 26.0. The highest BCUT2D eigenvalue weighted by molar-refractivity contribution is 6.08. The lowest BCUT2D eigenvalue weighted by Crippen LogP contribution is -2.43. The highest BCUT2D eigenvalue weighted by atomic mass is 16.2. The Bertz CT molecular complexity index is 1510. The van der Waals surface area contributed by atoms with Gasteiger partial charge in [0, 0.05) is 48.6 Å². The summed E-state index contributed by atoms with van der Waals surface area (Å²) >= 11 is 0. The van der Waals surface area contributed by atoms with E-state index in [-0.39, 0.29) is 11.8 Å². The van der Waals surface area contributed by atoms with Gasteiger partial charge in [0.1, 0.15) is 0 Å². The third-order valence-corrected chi connectivity index (χ3v) is 7.04. The fourth-order valence-corrected chi connectivity index (χ4v) is 4.80. The molecule has 1 fully saturated rings. The lowest BCUT2D eigenvalue weighted by molar-refractivity contribution is 0.101. The van der Waals surface area contributed by atoms with Crippen LogP contribution in [-0.4, -0.2) is 38.0 Å². The first-order valence-corrected chi connectivity index (χ1v) is 13.1. The number of carbonyl (C=O) groups is 2. The number of rotatable bonds is 6. The lowest BCUT2D eigenvalue weighted by atomic mass is 9.96. The van der Waals surface area contributed by atoms with Crippen molar-refractivity contribution in [3.05, 3.63) is 107 Å². The Morgan fingerprint density at radius 2 is 1.38 bits per heavy atom. The molecule has 4 aromatic carbocycles. The van der Waals surface area contributed by atoms with E-state index < -0.39 is 0 Å². The molecule has 0 aliphatic carbocycles. The van der Waals surface area contributed by atoms with E-state index >= 15 is 0 Å². The molecule has 5 rings (SSSR count). The summed E-state index contributed by atoms with van der Waals surface area (Å²) in [4.78, 5) is 28.5. The van der Waals surface area contributed by atoms with Gasteiger partial charge in [0.05, 0.1) is 17.1 Å². The molecule has 1 saturated heterocycles. The van der Waals surface area contributed by atoms with Gasteiger partial charge in [-0.2, -0.15) is 0 Å². The van der Waals surface area contributed by atoms with Crippen molar-refractivity contribution in [1.82, 2.24) is 5.32 Å². The number of para-hydroxylation sites is 2. The topological polar surface area (TPSA) is 99.5 Å². The molecule has 0 atom stereocenters. The molecule has 4 aromatic rings. The summed E-state index contributed by atoms with van der Waals surface area (Å²) in [6.45, 7) is 7.62. The molecular weight excluding hydrogens is 486 g/mol. The van der Waals surface area contributed by atoms with Gasteiger partial charge in [0.25, 0.3) is 11.8 Å². The van der Waals surface area contributed by atoms with Crippen LogP contribution in [-0.2, 0) is 0 Å². The van der Waals surface area contributed by atoms with Gasteiger partial charge in [-0.25, -0.2) is 0 Å². The number of nitrogens with zero attached hydrogens (tertiary/aromatic N) is 1. The quantitative estimate of drug-likeness (QED) is 0.253. The second-order valence-corrected chi connectivity index (χ2v) is 9.86. The molecule has 0 saturated carbocycles. The average molecular weight is 520 g/mol. The zero-order valence-corrected chi connectivity index (χ0v) is 22.3. The van der Waals surface area contributed by atoms with E-state index in [9.17, 15) is 9.59 Å². The zero-order chi connectivity index (χ0) is 27.4. The van der Waals surface area contributed by atoms with Crippen LogP contribution in [0.15, 0.2) is 84.9 Å². The molecule has 39 heavy (non-hydrogen) atoms. The first-order chi connectivity index (χ1) is 18.9. The largest absolute Gasteiger partial charge is 0.397 e. The predicted molar refractivity (Wildman–Crippen MR) is 160 cm³/mol. The van der Waals surface area contributed by atoms with E-state index in [1.807, 2.05) is 68.4 Å². The summed E-state index contributed by atoms with van der Waals surface area (Å²) in [6, 6.07) is 26.5.